The van der Waals surface area contributed by atoms with E-state index >= 15 is 0 Å². The molecule has 0 saturated heterocycles. The van der Waals surface area contributed by atoms with Crippen LogP contribution in [0.4, 0.5) is 0 Å². The lowest BCUT2D eigenvalue weighted by atomic mass is 10.1. The fraction of sp³-hybridized carbons (Fsp3) is 0.278. The Hall–Kier alpha value is -2.76. The van der Waals surface area contributed by atoms with Gasteiger partial charge in [0.1, 0.15) is 10.6 Å². The van der Waals surface area contributed by atoms with Crippen LogP contribution in [0.1, 0.15) is 26.6 Å². The number of aryl methyl sites for hydroxylation is 1. The zero-order valence-electron chi connectivity index (χ0n) is 15.5. The number of methoxy groups -OCH3 is 1. The number of carboxylic acid groups (broad SMARTS) is 1. The number of carboxylic acids is 1. The number of aromatic amines is 1. The number of benzene rings is 1. The summed E-state index contributed by atoms with van der Waals surface area (Å²) in [4.78, 5) is 29.6. The number of aromatic nitrogens is 2. The molecule has 0 saturated carbocycles. The van der Waals surface area contributed by atoms with E-state index in [1.165, 1.54) is 0 Å². The van der Waals surface area contributed by atoms with Crippen molar-refractivity contribution in [2.45, 2.75) is 18.7 Å². The summed E-state index contributed by atoms with van der Waals surface area (Å²) < 4.78 is 28.1. The van der Waals surface area contributed by atoms with Gasteiger partial charge in [0.05, 0.1) is 24.0 Å². The average Bonchev–Trinajstić information content (AvgIpc) is 3.05. The fourth-order valence-electron chi connectivity index (χ4n) is 2.92. The molecule has 0 spiro atoms. The van der Waals surface area contributed by atoms with E-state index in [9.17, 15) is 18.0 Å². The van der Waals surface area contributed by atoms with Crippen molar-refractivity contribution in [2.75, 3.05) is 12.9 Å². The van der Waals surface area contributed by atoms with Crippen LogP contribution in [0.25, 0.3) is 10.2 Å². The second-order valence-corrected chi connectivity index (χ2v) is 9.57. The van der Waals surface area contributed by atoms with Crippen LogP contribution >= 0.6 is 11.3 Å². The predicted molar refractivity (Wildman–Crippen MR) is 109 cm³/mol. The van der Waals surface area contributed by atoms with E-state index in [2.05, 4.69) is 9.97 Å². The van der Waals surface area contributed by atoms with Crippen molar-refractivity contribution >= 4 is 37.4 Å². The topological polar surface area (TPSA) is 152 Å². The van der Waals surface area contributed by atoms with E-state index in [4.69, 9.17) is 15.6 Å². The standard InChI is InChI=1S/C10H8N2O5S2.C8H11NO/c13-8-6-4-1-2-19(16,17)3-5(4)18-9(6)12-7(11-8)10(14)15;1-10-8-4-2-3-7(5-8)6-9/h1-3H2,(H,14,15)(H,11,12,13);2-5H,6,9H2,1H3. The minimum atomic E-state index is -3.13. The Morgan fingerprint density at radius 2 is 2.17 bits per heavy atom. The quantitative estimate of drug-likeness (QED) is 0.554. The highest BCUT2D eigenvalue weighted by Crippen LogP contribution is 2.33. The van der Waals surface area contributed by atoms with E-state index in [0.29, 0.717) is 22.4 Å². The minimum absolute atomic E-state index is 0.00591. The second-order valence-electron chi connectivity index (χ2n) is 6.30. The van der Waals surface area contributed by atoms with Crippen molar-refractivity contribution in [1.29, 1.82) is 0 Å². The molecule has 3 aromatic rings. The summed E-state index contributed by atoms with van der Waals surface area (Å²) in [5.74, 6) is -0.989. The molecule has 1 aliphatic rings. The SMILES string of the molecule is COc1cccc(CN)c1.O=C(O)c1nc2sc3c(c2c(=O)[nH]1)CCS(=O)(=O)C3. The molecule has 0 atom stereocenters. The summed E-state index contributed by atoms with van der Waals surface area (Å²) in [6.07, 6.45) is 0.273. The van der Waals surface area contributed by atoms with E-state index in [-0.39, 0.29) is 22.8 Å². The maximum atomic E-state index is 11.9. The molecule has 4 N–H and O–H groups in total. The summed E-state index contributed by atoms with van der Waals surface area (Å²) in [6.45, 7) is 0.567. The largest absolute Gasteiger partial charge is 0.497 e. The van der Waals surface area contributed by atoms with Gasteiger partial charge in [-0.25, -0.2) is 18.2 Å². The monoisotopic (exact) mass is 437 g/mol. The van der Waals surface area contributed by atoms with Crippen LogP contribution in [0.3, 0.4) is 0 Å². The third-order valence-corrected chi connectivity index (χ3v) is 7.19. The van der Waals surface area contributed by atoms with Gasteiger partial charge in [-0.05, 0) is 29.7 Å². The van der Waals surface area contributed by atoms with Crippen LogP contribution in [-0.4, -0.2) is 42.3 Å². The zero-order valence-corrected chi connectivity index (χ0v) is 17.1. The number of hydrogen-bond donors (Lipinski definition) is 3. The number of nitrogens with one attached hydrogen (secondary N) is 1. The van der Waals surface area contributed by atoms with Crippen LogP contribution in [0, 0.1) is 0 Å². The lowest BCUT2D eigenvalue weighted by Gasteiger charge is -2.11. The summed E-state index contributed by atoms with van der Waals surface area (Å²) in [7, 11) is -1.48. The molecule has 9 nitrogen and oxygen atoms in total. The highest BCUT2D eigenvalue weighted by Gasteiger charge is 2.27. The molecule has 3 heterocycles. The summed E-state index contributed by atoms with van der Waals surface area (Å²) >= 11 is 1.07. The maximum Gasteiger partial charge on any atom is 0.372 e. The number of aromatic carboxylic acids is 1. The van der Waals surface area contributed by atoms with E-state index in [1.807, 2.05) is 24.3 Å². The highest BCUT2D eigenvalue weighted by atomic mass is 32.2. The van der Waals surface area contributed by atoms with Crippen LogP contribution in [0.5, 0.6) is 5.75 Å². The Bertz CT molecular complexity index is 1210. The molecule has 0 amide bonds. The van der Waals surface area contributed by atoms with Gasteiger partial charge in [-0.2, -0.15) is 0 Å². The molecule has 0 aliphatic carbocycles. The first-order valence-electron chi connectivity index (χ1n) is 8.55. The molecular formula is C18H19N3O6S2. The first kappa shape index (κ1) is 21.0. The first-order valence-corrected chi connectivity index (χ1v) is 11.2. The van der Waals surface area contributed by atoms with Crippen molar-refractivity contribution in [1.82, 2.24) is 9.97 Å². The van der Waals surface area contributed by atoms with Gasteiger partial charge in [-0.3, -0.25) is 4.79 Å². The average molecular weight is 437 g/mol. The normalized spacial score (nSPS) is 14.6. The van der Waals surface area contributed by atoms with Crippen molar-refractivity contribution < 1.29 is 23.1 Å². The van der Waals surface area contributed by atoms with Crippen LogP contribution < -0.4 is 16.0 Å². The van der Waals surface area contributed by atoms with E-state index in [1.54, 1.807) is 7.11 Å². The Morgan fingerprint density at radius 3 is 2.83 bits per heavy atom. The molecule has 4 rings (SSSR count). The number of nitrogens with zero attached hydrogens (tertiary/aromatic N) is 1. The number of rotatable bonds is 3. The number of nitrogens with two attached hydrogens (primary N) is 1. The van der Waals surface area contributed by atoms with Crippen LogP contribution in [0.2, 0.25) is 0 Å². The number of thiophene rings is 1. The third-order valence-electron chi connectivity index (χ3n) is 4.33. The van der Waals surface area contributed by atoms with Gasteiger partial charge in [0.2, 0.25) is 5.82 Å². The molecular weight excluding hydrogens is 418 g/mol. The summed E-state index contributed by atoms with van der Waals surface area (Å²) in [6, 6.07) is 7.74. The Morgan fingerprint density at radius 1 is 1.41 bits per heavy atom. The van der Waals surface area contributed by atoms with Crippen molar-refractivity contribution in [3.05, 3.63) is 56.4 Å². The number of carbonyl (C=O) groups is 1. The van der Waals surface area contributed by atoms with Crippen molar-refractivity contribution in [3.8, 4) is 5.75 Å². The summed E-state index contributed by atoms with van der Waals surface area (Å²) in [5, 5.41) is 9.15. The van der Waals surface area contributed by atoms with Crippen molar-refractivity contribution in [2.24, 2.45) is 5.73 Å². The number of sulfone groups is 1. The van der Waals surface area contributed by atoms with Gasteiger partial charge >= 0.3 is 5.97 Å². The number of ether oxygens (including phenoxy) is 1. The van der Waals surface area contributed by atoms with E-state index < -0.39 is 27.2 Å². The molecule has 0 bridgehead atoms. The van der Waals surface area contributed by atoms with Crippen molar-refractivity contribution in [3.63, 3.8) is 0 Å². The van der Waals surface area contributed by atoms with E-state index in [0.717, 1.165) is 22.6 Å². The molecule has 0 radical (unpaired) electrons. The first-order chi connectivity index (χ1) is 13.7. The van der Waals surface area contributed by atoms with Gasteiger partial charge in [0.15, 0.2) is 9.84 Å². The van der Waals surface area contributed by atoms with Gasteiger partial charge in [0.25, 0.3) is 5.56 Å². The second kappa shape index (κ2) is 8.31. The van der Waals surface area contributed by atoms with Gasteiger partial charge in [0, 0.05) is 11.4 Å². The van der Waals surface area contributed by atoms with Crippen LogP contribution in [0.15, 0.2) is 29.1 Å². The molecule has 11 heteroatoms. The van der Waals surface area contributed by atoms with Gasteiger partial charge in [-0.15, -0.1) is 11.3 Å². The molecule has 154 valence electrons. The number of hydrogen-bond acceptors (Lipinski definition) is 8. The zero-order chi connectivity index (χ0) is 21.2. The smallest absolute Gasteiger partial charge is 0.372 e. The maximum absolute atomic E-state index is 11.9. The Kier molecular flexibility index (Phi) is 6.01. The molecule has 1 aromatic carbocycles. The predicted octanol–water partition coefficient (Wildman–Crippen LogP) is 1.31. The fourth-order valence-corrected chi connectivity index (χ4v) is 5.94. The number of fused-ring (bicyclic) bond motifs is 3. The third kappa shape index (κ3) is 4.63. The van der Waals surface area contributed by atoms with Gasteiger partial charge < -0.3 is 20.6 Å². The molecule has 29 heavy (non-hydrogen) atoms. The molecule has 2 aromatic heterocycles. The molecule has 0 unspecified atom stereocenters. The Labute approximate surface area is 170 Å². The lowest BCUT2D eigenvalue weighted by molar-refractivity contribution is 0.0683. The minimum Gasteiger partial charge on any atom is -0.497 e. The Balaban J connectivity index is 0.000000204. The summed E-state index contributed by atoms with van der Waals surface area (Å²) in [5.41, 5.74) is 6.67. The lowest BCUT2D eigenvalue weighted by Crippen LogP contribution is -2.20. The van der Waals surface area contributed by atoms with Gasteiger partial charge in [-0.1, -0.05) is 12.1 Å². The number of H-pyrrole nitrogens is 1. The molecule has 0 fully saturated rings. The van der Waals surface area contributed by atoms with Crippen LogP contribution in [-0.2, 0) is 28.6 Å². The molecule has 1 aliphatic heterocycles. The highest BCUT2D eigenvalue weighted by molar-refractivity contribution is 7.90.